The number of hydrazone groups is 1. The van der Waals surface area contributed by atoms with E-state index in [0.717, 1.165) is 39.3 Å². The van der Waals surface area contributed by atoms with Crippen molar-refractivity contribution in [1.82, 2.24) is 4.98 Å². The molecule has 2 heterocycles. The largest absolute Gasteiger partial charge is 0.497 e. The lowest BCUT2D eigenvalue weighted by Crippen LogP contribution is -2.18. The van der Waals surface area contributed by atoms with Crippen LogP contribution in [0.1, 0.15) is 29.3 Å². The lowest BCUT2D eigenvalue weighted by molar-refractivity contribution is 0.415. The fourth-order valence-electron chi connectivity index (χ4n) is 3.04. The van der Waals surface area contributed by atoms with Gasteiger partial charge in [0.2, 0.25) is 5.13 Å². The summed E-state index contributed by atoms with van der Waals surface area (Å²) in [6.07, 6.45) is 0.812. The molecule has 0 spiro atoms. The number of hydrogen-bond acceptors (Lipinski definition) is 5. The summed E-state index contributed by atoms with van der Waals surface area (Å²) in [6.45, 7) is 2.00. The second kappa shape index (κ2) is 7.09. The molecule has 0 saturated heterocycles. The zero-order chi connectivity index (χ0) is 18.1. The van der Waals surface area contributed by atoms with Crippen LogP contribution in [0.4, 0.5) is 5.13 Å². The van der Waals surface area contributed by atoms with E-state index < -0.39 is 0 Å². The highest BCUT2D eigenvalue weighted by Crippen LogP contribution is 2.38. The van der Waals surface area contributed by atoms with Crippen molar-refractivity contribution in [3.8, 4) is 5.75 Å². The molecule has 4 nitrogen and oxygen atoms in total. The minimum Gasteiger partial charge on any atom is -0.497 e. The molecule has 26 heavy (non-hydrogen) atoms. The van der Waals surface area contributed by atoms with Gasteiger partial charge in [0.05, 0.1) is 24.6 Å². The van der Waals surface area contributed by atoms with Crippen LogP contribution in [0.15, 0.2) is 59.0 Å². The van der Waals surface area contributed by atoms with Crippen LogP contribution >= 0.6 is 22.9 Å². The van der Waals surface area contributed by atoms with E-state index in [1.165, 1.54) is 5.56 Å². The Morgan fingerprint density at radius 1 is 1.12 bits per heavy atom. The van der Waals surface area contributed by atoms with Gasteiger partial charge in [0.25, 0.3) is 0 Å². The molecule has 3 aromatic rings. The molecule has 0 fully saturated rings. The van der Waals surface area contributed by atoms with Crippen molar-refractivity contribution >= 4 is 33.8 Å². The number of nitrogens with zero attached hydrogens (tertiary/aromatic N) is 3. The molecule has 1 aliphatic heterocycles. The van der Waals surface area contributed by atoms with Crippen LogP contribution in [0, 0.1) is 6.92 Å². The average Bonchev–Trinajstić information content (AvgIpc) is 3.29. The van der Waals surface area contributed by atoms with Gasteiger partial charge >= 0.3 is 0 Å². The number of hydrogen-bond donors (Lipinski definition) is 0. The molecule has 6 heteroatoms. The third kappa shape index (κ3) is 3.32. The lowest BCUT2D eigenvalue weighted by atomic mass is 9.98. The van der Waals surface area contributed by atoms with E-state index in [2.05, 4.69) is 22.5 Å². The number of halogens is 1. The van der Waals surface area contributed by atoms with E-state index in [1.54, 1.807) is 18.4 Å². The summed E-state index contributed by atoms with van der Waals surface area (Å²) in [5.41, 5.74) is 4.32. The number of thiazole rings is 1. The molecule has 0 saturated carbocycles. The molecular weight excluding hydrogens is 366 g/mol. The number of aryl methyl sites for hydroxylation is 1. The molecule has 2 aromatic carbocycles. The highest BCUT2D eigenvalue weighted by molar-refractivity contribution is 7.13. The molecule has 0 bridgehead atoms. The molecule has 0 N–H and O–H groups in total. The molecule has 4 rings (SSSR count). The van der Waals surface area contributed by atoms with Crippen LogP contribution < -0.4 is 9.75 Å². The second-order valence-electron chi connectivity index (χ2n) is 6.16. The van der Waals surface area contributed by atoms with Crippen molar-refractivity contribution in [3.63, 3.8) is 0 Å². The van der Waals surface area contributed by atoms with Crippen LogP contribution in [0.5, 0.6) is 5.75 Å². The Labute approximate surface area is 161 Å². The van der Waals surface area contributed by atoms with E-state index in [9.17, 15) is 0 Å². The van der Waals surface area contributed by atoms with Crippen LogP contribution in [0.25, 0.3) is 0 Å². The fraction of sp³-hybridized carbons (Fsp3) is 0.200. The van der Waals surface area contributed by atoms with Crippen molar-refractivity contribution in [2.75, 3.05) is 12.1 Å². The third-order valence-corrected chi connectivity index (χ3v) is 5.59. The maximum Gasteiger partial charge on any atom is 0.206 e. The number of anilines is 1. The van der Waals surface area contributed by atoms with Crippen molar-refractivity contribution in [2.24, 2.45) is 5.10 Å². The van der Waals surface area contributed by atoms with E-state index in [0.29, 0.717) is 0 Å². The molecule has 132 valence electrons. The van der Waals surface area contributed by atoms with Crippen LogP contribution in [-0.2, 0) is 0 Å². The molecule has 0 radical (unpaired) electrons. The SMILES string of the molecule is COc1ccc(C2=NN(c3nc(C)cs3)[C@H](c3ccc(Cl)cc3)C2)cc1. The van der Waals surface area contributed by atoms with E-state index in [1.807, 2.05) is 48.3 Å². The molecule has 1 aromatic heterocycles. The minimum absolute atomic E-state index is 0.106. The minimum atomic E-state index is 0.106. The Kier molecular flexibility index (Phi) is 4.66. The fourth-order valence-corrected chi connectivity index (χ4v) is 3.96. The predicted octanol–water partition coefficient (Wildman–Crippen LogP) is 5.47. The number of benzene rings is 2. The molecule has 1 aliphatic rings. The van der Waals surface area contributed by atoms with Gasteiger partial charge in [0.15, 0.2) is 0 Å². The van der Waals surface area contributed by atoms with Gasteiger partial charge in [-0.2, -0.15) is 5.10 Å². The van der Waals surface area contributed by atoms with Crippen LogP contribution in [-0.4, -0.2) is 17.8 Å². The summed E-state index contributed by atoms with van der Waals surface area (Å²) in [5.74, 6) is 0.842. The first-order valence-corrected chi connectivity index (χ1v) is 9.58. The molecule has 0 unspecified atom stereocenters. The molecule has 1 atom stereocenters. The van der Waals surface area contributed by atoms with Gasteiger partial charge in [0, 0.05) is 16.8 Å². The Balaban J connectivity index is 1.71. The standard InChI is InChI=1S/C20H18ClN3OS/c1-13-12-26-20(22-13)24-19(15-3-7-16(21)8-4-15)11-18(23-24)14-5-9-17(25-2)10-6-14/h3-10,12,19H,11H2,1-2H3/t19-/m0/s1. The lowest BCUT2D eigenvalue weighted by Gasteiger charge is -2.21. The maximum atomic E-state index is 6.06. The van der Waals surface area contributed by atoms with Crippen LogP contribution in [0.3, 0.4) is 0 Å². The van der Waals surface area contributed by atoms with E-state index >= 15 is 0 Å². The smallest absolute Gasteiger partial charge is 0.206 e. The van der Waals surface area contributed by atoms with Crippen molar-refractivity contribution in [3.05, 3.63) is 75.8 Å². The number of ether oxygens (including phenoxy) is 1. The topological polar surface area (TPSA) is 37.7 Å². The Bertz CT molecular complexity index is 934. The zero-order valence-electron chi connectivity index (χ0n) is 14.5. The summed E-state index contributed by atoms with van der Waals surface area (Å²) in [4.78, 5) is 4.63. The van der Waals surface area contributed by atoms with Crippen molar-refractivity contribution in [2.45, 2.75) is 19.4 Å². The number of aromatic nitrogens is 1. The number of rotatable bonds is 4. The van der Waals surface area contributed by atoms with E-state index in [-0.39, 0.29) is 6.04 Å². The Hall–Kier alpha value is -2.37. The van der Waals surface area contributed by atoms with E-state index in [4.69, 9.17) is 21.4 Å². The third-order valence-electron chi connectivity index (χ3n) is 4.39. The molecule has 0 aliphatic carbocycles. The van der Waals surface area contributed by atoms with Gasteiger partial charge in [-0.05, 0) is 54.4 Å². The quantitative estimate of drug-likeness (QED) is 0.599. The van der Waals surface area contributed by atoms with Gasteiger partial charge in [-0.25, -0.2) is 9.99 Å². The van der Waals surface area contributed by atoms with Crippen molar-refractivity contribution < 1.29 is 4.74 Å². The number of methoxy groups -OCH3 is 1. The molecule has 0 amide bonds. The highest BCUT2D eigenvalue weighted by atomic mass is 35.5. The van der Waals surface area contributed by atoms with Gasteiger partial charge in [-0.1, -0.05) is 23.7 Å². The average molecular weight is 384 g/mol. The first-order valence-electron chi connectivity index (χ1n) is 8.33. The summed E-state index contributed by atoms with van der Waals surface area (Å²) >= 11 is 7.68. The van der Waals surface area contributed by atoms with Gasteiger partial charge in [-0.3, -0.25) is 0 Å². The molecular formula is C20H18ClN3OS. The first kappa shape index (κ1) is 17.1. The second-order valence-corrected chi connectivity index (χ2v) is 7.44. The van der Waals surface area contributed by atoms with Gasteiger partial charge < -0.3 is 4.74 Å². The van der Waals surface area contributed by atoms with Gasteiger partial charge in [-0.15, -0.1) is 11.3 Å². The monoisotopic (exact) mass is 383 g/mol. The first-order chi connectivity index (χ1) is 12.6. The highest BCUT2D eigenvalue weighted by Gasteiger charge is 2.31. The maximum absolute atomic E-state index is 6.06. The Morgan fingerprint density at radius 2 is 1.85 bits per heavy atom. The Morgan fingerprint density at radius 3 is 2.46 bits per heavy atom. The van der Waals surface area contributed by atoms with Gasteiger partial charge in [0.1, 0.15) is 5.75 Å². The summed E-state index contributed by atoms with van der Waals surface area (Å²) in [5, 5.41) is 10.6. The summed E-state index contributed by atoms with van der Waals surface area (Å²) in [6, 6.07) is 16.1. The predicted molar refractivity (Wildman–Crippen MR) is 108 cm³/mol. The zero-order valence-corrected chi connectivity index (χ0v) is 16.1. The van der Waals surface area contributed by atoms with Crippen molar-refractivity contribution in [1.29, 1.82) is 0 Å². The normalized spacial score (nSPS) is 16.7. The van der Waals surface area contributed by atoms with Crippen LogP contribution in [0.2, 0.25) is 5.02 Å². The summed E-state index contributed by atoms with van der Waals surface area (Å²) in [7, 11) is 1.67. The summed E-state index contributed by atoms with van der Waals surface area (Å²) < 4.78 is 5.26.